The quantitative estimate of drug-likeness (QED) is 0.617. The Balaban J connectivity index is 1.98. The van der Waals surface area contributed by atoms with Crippen molar-refractivity contribution in [3.8, 4) is 0 Å². The van der Waals surface area contributed by atoms with Gasteiger partial charge >= 0.3 is 0 Å². The van der Waals surface area contributed by atoms with Crippen LogP contribution in [0.15, 0.2) is 36.7 Å². The molecular weight excluding hydrogens is 362 g/mol. The molecule has 6 nitrogen and oxygen atoms in total. The summed E-state index contributed by atoms with van der Waals surface area (Å²) in [5.74, 6) is 0.406. The van der Waals surface area contributed by atoms with E-state index in [1.54, 1.807) is 6.20 Å². The van der Waals surface area contributed by atoms with Gasteiger partial charge in [0.15, 0.2) is 0 Å². The largest absolute Gasteiger partial charge is 0.350 e. The van der Waals surface area contributed by atoms with Crippen molar-refractivity contribution in [2.75, 3.05) is 5.32 Å². The lowest BCUT2D eigenvalue weighted by molar-refractivity contribution is 0.0944. The molecule has 0 spiro atoms. The highest BCUT2D eigenvalue weighted by Crippen LogP contribution is 2.27. The second-order valence-electron chi connectivity index (χ2n) is 8.71. The zero-order valence-corrected chi connectivity index (χ0v) is 18.2. The van der Waals surface area contributed by atoms with Crippen LogP contribution in [0.4, 0.5) is 11.6 Å². The number of rotatable bonds is 6. The van der Waals surface area contributed by atoms with Gasteiger partial charge in [-0.2, -0.15) is 4.98 Å². The van der Waals surface area contributed by atoms with Crippen LogP contribution in [0, 0.1) is 0 Å². The number of fused-ring (bicyclic) bond motifs is 1. The van der Waals surface area contributed by atoms with E-state index < -0.39 is 0 Å². The summed E-state index contributed by atoms with van der Waals surface area (Å²) in [6.07, 6.45) is 5.81. The van der Waals surface area contributed by atoms with E-state index in [4.69, 9.17) is 4.98 Å². The van der Waals surface area contributed by atoms with Crippen LogP contribution in [-0.2, 0) is 12.0 Å². The molecule has 1 amide bonds. The maximum Gasteiger partial charge on any atom is 0.253 e. The minimum Gasteiger partial charge on any atom is -0.350 e. The number of anilines is 2. The van der Waals surface area contributed by atoms with E-state index in [0.717, 1.165) is 29.6 Å². The van der Waals surface area contributed by atoms with Gasteiger partial charge in [-0.1, -0.05) is 25.5 Å². The Morgan fingerprint density at radius 3 is 2.45 bits per heavy atom. The van der Waals surface area contributed by atoms with Gasteiger partial charge in [-0.15, -0.1) is 0 Å². The SMILES string of the molecule is CCCc1ccc(Nc2ncc3c(C(=O)NC(C)C)cn(C(C)(C)C)c3n2)cc1. The summed E-state index contributed by atoms with van der Waals surface area (Å²) >= 11 is 0. The van der Waals surface area contributed by atoms with E-state index in [0.29, 0.717) is 11.5 Å². The first kappa shape index (κ1) is 20.8. The van der Waals surface area contributed by atoms with Gasteiger partial charge in [-0.3, -0.25) is 4.79 Å². The fourth-order valence-corrected chi connectivity index (χ4v) is 3.27. The first-order chi connectivity index (χ1) is 13.7. The first-order valence-electron chi connectivity index (χ1n) is 10.2. The van der Waals surface area contributed by atoms with Crippen LogP contribution >= 0.6 is 0 Å². The van der Waals surface area contributed by atoms with Gasteiger partial charge in [0.05, 0.1) is 10.9 Å². The van der Waals surface area contributed by atoms with Crippen molar-refractivity contribution in [3.05, 3.63) is 47.8 Å². The Morgan fingerprint density at radius 1 is 1.17 bits per heavy atom. The minimum absolute atomic E-state index is 0.0630. The van der Waals surface area contributed by atoms with Crippen LogP contribution in [0.25, 0.3) is 11.0 Å². The molecule has 0 saturated heterocycles. The normalized spacial score (nSPS) is 11.8. The van der Waals surface area contributed by atoms with Crippen LogP contribution < -0.4 is 10.6 Å². The highest BCUT2D eigenvalue weighted by atomic mass is 16.1. The van der Waals surface area contributed by atoms with Gasteiger partial charge in [-0.25, -0.2) is 4.98 Å². The Labute approximate surface area is 172 Å². The van der Waals surface area contributed by atoms with Crippen molar-refractivity contribution >= 4 is 28.6 Å². The molecule has 0 aliphatic carbocycles. The average Bonchev–Trinajstić information content (AvgIpc) is 3.02. The van der Waals surface area contributed by atoms with Crippen molar-refractivity contribution in [3.63, 3.8) is 0 Å². The number of hydrogen-bond donors (Lipinski definition) is 2. The summed E-state index contributed by atoms with van der Waals surface area (Å²) in [6.45, 7) is 12.4. The number of benzene rings is 1. The molecule has 0 aliphatic rings. The van der Waals surface area contributed by atoms with Gasteiger partial charge in [0.2, 0.25) is 5.95 Å². The summed E-state index contributed by atoms with van der Waals surface area (Å²) in [7, 11) is 0. The van der Waals surface area contributed by atoms with Crippen LogP contribution in [-0.4, -0.2) is 26.5 Å². The summed E-state index contributed by atoms with van der Waals surface area (Å²) in [6, 6.07) is 8.40. The lowest BCUT2D eigenvalue weighted by Gasteiger charge is -2.22. The van der Waals surface area contributed by atoms with E-state index in [-0.39, 0.29) is 17.5 Å². The highest BCUT2D eigenvalue weighted by Gasteiger charge is 2.23. The van der Waals surface area contributed by atoms with E-state index in [9.17, 15) is 4.79 Å². The maximum atomic E-state index is 12.7. The number of carbonyl (C=O) groups is 1. The van der Waals surface area contributed by atoms with Gasteiger partial charge in [0.1, 0.15) is 5.65 Å². The highest BCUT2D eigenvalue weighted by molar-refractivity contribution is 6.06. The fraction of sp³-hybridized carbons (Fsp3) is 0.435. The molecule has 3 rings (SSSR count). The molecule has 0 atom stereocenters. The minimum atomic E-state index is -0.220. The molecule has 0 aliphatic heterocycles. The van der Waals surface area contributed by atoms with Crippen LogP contribution in [0.2, 0.25) is 0 Å². The molecule has 6 heteroatoms. The Kier molecular flexibility index (Phi) is 5.91. The van der Waals surface area contributed by atoms with Crippen LogP contribution in [0.5, 0.6) is 0 Å². The van der Waals surface area contributed by atoms with Crippen molar-refractivity contribution in [1.82, 2.24) is 19.9 Å². The van der Waals surface area contributed by atoms with Crippen molar-refractivity contribution in [1.29, 1.82) is 0 Å². The van der Waals surface area contributed by atoms with E-state index in [1.165, 1.54) is 5.56 Å². The summed E-state index contributed by atoms with van der Waals surface area (Å²) < 4.78 is 2.04. The Morgan fingerprint density at radius 2 is 1.86 bits per heavy atom. The van der Waals surface area contributed by atoms with Gasteiger partial charge in [-0.05, 0) is 58.7 Å². The summed E-state index contributed by atoms with van der Waals surface area (Å²) in [5, 5.41) is 6.99. The molecule has 2 heterocycles. The molecule has 0 bridgehead atoms. The number of nitrogens with zero attached hydrogens (tertiary/aromatic N) is 3. The Hall–Kier alpha value is -2.89. The number of amides is 1. The smallest absolute Gasteiger partial charge is 0.253 e. The number of nitrogens with one attached hydrogen (secondary N) is 2. The lowest BCUT2D eigenvalue weighted by Crippen LogP contribution is -2.30. The topological polar surface area (TPSA) is 71.8 Å². The number of aryl methyl sites for hydroxylation is 1. The van der Waals surface area contributed by atoms with E-state index in [1.807, 2.05) is 36.7 Å². The molecular formula is C23H31N5O. The third-order valence-electron chi connectivity index (χ3n) is 4.68. The van der Waals surface area contributed by atoms with Gasteiger partial charge < -0.3 is 15.2 Å². The fourth-order valence-electron chi connectivity index (χ4n) is 3.27. The van der Waals surface area contributed by atoms with Gasteiger partial charge in [0, 0.05) is 29.7 Å². The number of carbonyl (C=O) groups excluding carboxylic acids is 1. The summed E-state index contributed by atoms with van der Waals surface area (Å²) in [5.41, 5.74) is 3.38. The van der Waals surface area contributed by atoms with E-state index >= 15 is 0 Å². The third kappa shape index (κ3) is 4.75. The molecule has 29 heavy (non-hydrogen) atoms. The number of hydrogen-bond acceptors (Lipinski definition) is 4. The molecule has 0 fully saturated rings. The van der Waals surface area contributed by atoms with Crippen LogP contribution in [0.3, 0.4) is 0 Å². The molecule has 1 aromatic carbocycles. The average molecular weight is 394 g/mol. The monoisotopic (exact) mass is 393 g/mol. The number of aromatic nitrogens is 3. The first-order valence-corrected chi connectivity index (χ1v) is 10.2. The molecule has 0 radical (unpaired) electrons. The molecule has 3 aromatic rings. The zero-order chi connectivity index (χ0) is 21.2. The maximum absolute atomic E-state index is 12.7. The van der Waals surface area contributed by atoms with Gasteiger partial charge in [0.25, 0.3) is 5.91 Å². The van der Waals surface area contributed by atoms with Crippen molar-refractivity contribution in [2.45, 2.75) is 66.0 Å². The molecule has 154 valence electrons. The third-order valence-corrected chi connectivity index (χ3v) is 4.68. The second-order valence-corrected chi connectivity index (χ2v) is 8.71. The predicted molar refractivity (Wildman–Crippen MR) is 119 cm³/mol. The summed E-state index contributed by atoms with van der Waals surface area (Å²) in [4.78, 5) is 21.9. The molecule has 0 saturated carbocycles. The van der Waals surface area contributed by atoms with E-state index in [2.05, 4.69) is 55.4 Å². The zero-order valence-electron chi connectivity index (χ0n) is 18.2. The standard InChI is InChI=1S/C23H31N5O/c1-7-8-16-9-11-17(12-10-16)26-22-24-13-18-19(21(29)25-15(2)3)14-28(20(18)27-22)23(4,5)6/h9-15H,7-8H2,1-6H3,(H,25,29)(H,24,26,27). The molecule has 0 unspecified atom stereocenters. The second kappa shape index (κ2) is 8.23. The molecule has 2 N–H and O–H groups in total. The lowest BCUT2D eigenvalue weighted by atomic mass is 10.1. The van der Waals surface area contributed by atoms with Crippen molar-refractivity contribution in [2.24, 2.45) is 0 Å². The molecule has 2 aromatic heterocycles. The Bertz CT molecular complexity index is 997. The predicted octanol–water partition coefficient (Wildman–Crippen LogP) is 5.02. The van der Waals surface area contributed by atoms with Crippen LogP contribution in [0.1, 0.15) is 63.9 Å². The van der Waals surface area contributed by atoms with Crippen molar-refractivity contribution < 1.29 is 4.79 Å².